The minimum atomic E-state index is -1.11. The first-order valence-corrected chi connectivity index (χ1v) is 8.88. The summed E-state index contributed by atoms with van der Waals surface area (Å²) in [6.45, 7) is 13.6. The van der Waals surface area contributed by atoms with Crippen LogP contribution in [0.15, 0.2) is 27.8 Å². The van der Waals surface area contributed by atoms with Crippen molar-refractivity contribution >= 4 is 5.96 Å². The second kappa shape index (κ2) is 8.03. The molecular formula is C18H32N4O2. The Balaban J connectivity index is 2.01. The molecule has 0 saturated carbocycles. The monoisotopic (exact) mass is 336 g/mol. The van der Waals surface area contributed by atoms with Crippen molar-refractivity contribution < 1.29 is 9.52 Å². The van der Waals surface area contributed by atoms with E-state index < -0.39 is 5.60 Å². The summed E-state index contributed by atoms with van der Waals surface area (Å²) in [6.07, 6.45) is 1.57. The van der Waals surface area contributed by atoms with Crippen molar-refractivity contribution in [3.05, 3.63) is 24.2 Å². The van der Waals surface area contributed by atoms with Gasteiger partial charge in [0, 0.05) is 31.7 Å². The first kappa shape index (κ1) is 18.8. The summed E-state index contributed by atoms with van der Waals surface area (Å²) in [7, 11) is 0. The van der Waals surface area contributed by atoms with E-state index in [2.05, 4.69) is 41.3 Å². The van der Waals surface area contributed by atoms with Crippen LogP contribution in [0.1, 0.15) is 40.4 Å². The minimum absolute atomic E-state index is 0.241. The van der Waals surface area contributed by atoms with Crippen LogP contribution in [0.25, 0.3) is 0 Å². The summed E-state index contributed by atoms with van der Waals surface area (Å²) in [6, 6.07) is 4.46. The normalized spacial score (nSPS) is 25.0. The number of rotatable bonds is 6. The molecule has 136 valence electrons. The molecule has 1 aliphatic rings. The fourth-order valence-electron chi connectivity index (χ4n) is 3.01. The molecule has 1 aliphatic heterocycles. The van der Waals surface area contributed by atoms with Gasteiger partial charge < -0.3 is 20.2 Å². The number of hydrogen-bond acceptors (Lipinski definition) is 4. The maximum atomic E-state index is 10.6. The number of aliphatic hydroxyl groups is 1. The molecule has 0 radical (unpaired) electrons. The fraction of sp³-hybridized carbons (Fsp3) is 0.722. The number of aliphatic imine (C=N–C) groups is 1. The van der Waals surface area contributed by atoms with E-state index in [9.17, 15) is 5.11 Å². The topological polar surface area (TPSA) is 73.0 Å². The lowest BCUT2D eigenvalue weighted by Gasteiger charge is -2.23. The molecule has 3 atom stereocenters. The van der Waals surface area contributed by atoms with Gasteiger partial charge in [0.2, 0.25) is 0 Å². The molecule has 24 heavy (non-hydrogen) atoms. The quantitative estimate of drug-likeness (QED) is 0.545. The number of likely N-dealkylation sites (tertiary alicyclic amines) is 1. The van der Waals surface area contributed by atoms with Crippen LogP contribution in [0.4, 0.5) is 0 Å². The second-order valence-corrected chi connectivity index (χ2v) is 7.22. The van der Waals surface area contributed by atoms with Crippen molar-refractivity contribution in [2.24, 2.45) is 10.9 Å². The summed E-state index contributed by atoms with van der Waals surface area (Å²) >= 11 is 0. The van der Waals surface area contributed by atoms with Crippen LogP contribution in [0, 0.1) is 5.92 Å². The highest BCUT2D eigenvalue weighted by Gasteiger charge is 2.32. The van der Waals surface area contributed by atoms with Crippen LogP contribution in [-0.4, -0.2) is 54.2 Å². The maximum Gasteiger partial charge on any atom is 0.191 e. The van der Waals surface area contributed by atoms with E-state index in [-0.39, 0.29) is 6.54 Å². The van der Waals surface area contributed by atoms with E-state index in [1.54, 1.807) is 25.3 Å². The molecule has 2 heterocycles. The maximum absolute atomic E-state index is 10.6. The third kappa shape index (κ3) is 4.74. The van der Waals surface area contributed by atoms with Crippen molar-refractivity contribution in [1.82, 2.24) is 15.5 Å². The molecule has 3 unspecified atom stereocenters. The van der Waals surface area contributed by atoms with Gasteiger partial charge in [-0.15, -0.1) is 0 Å². The third-order valence-electron chi connectivity index (χ3n) is 4.63. The van der Waals surface area contributed by atoms with Crippen LogP contribution in [0.3, 0.4) is 0 Å². The van der Waals surface area contributed by atoms with Gasteiger partial charge in [-0.1, -0.05) is 6.92 Å². The Kier molecular flexibility index (Phi) is 6.29. The van der Waals surface area contributed by atoms with Gasteiger partial charge in [0.1, 0.15) is 11.4 Å². The second-order valence-electron chi connectivity index (χ2n) is 7.22. The van der Waals surface area contributed by atoms with Crippen LogP contribution >= 0.6 is 0 Å². The third-order valence-corrected chi connectivity index (χ3v) is 4.63. The number of furan rings is 1. The Morgan fingerprint density at radius 1 is 1.50 bits per heavy atom. The fourth-order valence-corrected chi connectivity index (χ4v) is 3.01. The van der Waals surface area contributed by atoms with Crippen molar-refractivity contribution in [2.75, 3.05) is 26.2 Å². The Morgan fingerprint density at radius 3 is 2.79 bits per heavy atom. The highest BCUT2D eigenvalue weighted by atomic mass is 16.4. The van der Waals surface area contributed by atoms with E-state index in [1.807, 2.05) is 6.92 Å². The van der Waals surface area contributed by atoms with Crippen molar-refractivity contribution in [1.29, 1.82) is 0 Å². The van der Waals surface area contributed by atoms with E-state index in [0.29, 0.717) is 23.8 Å². The van der Waals surface area contributed by atoms with Crippen LogP contribution in [0.2, 0.25) is 0 Å². The largest absolute Gasteiger partial charge is 0.466 e. The van der Waals surface area contributed by atoms with Crippen LogP contribution in [-0.2, 0) is 5.60 Å². The molecule has 0 spiro atoms. The molecule has 0 bridgehead atoms. The molecule has 0 aliphatic carbocycles. The molecule has 0 aromatic carbocycles. The van der Waals surface area contributed by atoms with Gasteiger partial charge in [0.25, 0.3) is 0 Å². The number of hydrogen-bond donors (Lipinski definition) is 3. The highest BCUT2D eigenvalue weighted by molar-refractivity contribution is 5.80. The highest BCUT2D eigenvalue weighted by Crippen LogP contribution is 2.21. The average Bonchev–Trinajstić information content (AvgIpc) is 3.16. The van der Waals surface area contributed by atoms with Gasteiger partial charge in [-0.25, -0.2) is 4.99 Å². The zero-order valence-corrected chi connectivity index (χ0v) is 15.5. The molecule has 1 aromatic rings. The Hall–Kier alpha value is -1.53. The zero-order chi connectivity index (χ0) is 17.7. The lowest BCUT2D eigenvalue weighted by molar-refractivity contribution is 0.0436. The summed E-state index contributed by atoms with van der Waals surface area (Å²) < 4.78 is 5.31. The Labute approximate surface area is 145 Å². The molecule has 6 nitrogen and oxygen atoms in total. The van der Waals surface area contributed by atoms with Crippen molar-refractivity contribution in [2.45, 2.75) is 52.3 Å². The van der Waals surface area contributed by atoms with Gasteiger partial charge >= 0.3 is 0 Å². The van der Waals surface area contributed by atoms with E-state index in [1.165, 1.54) is 0 Å². The van der Waals surface area contributed by atoms with E-state index in [0.717, 1.165) is 25.6 Å². The van der Waals surface area contributed by atoms with Crippen molar-refractivity contribution in [3.63, 3.8) is 0 Å². The Morgan fingerprint density at radius 2 is 2.25 bits per heavy atom. The van der Waals surface area contributed by atoms with Crippen LogP contribution < -0.4 is 10.6 Å². The summed E-state index contributed by atoms with van der Waals surface area (Å²) in [5, 5.41) is 17.4. The van der Waals surface area contributed by atoms with Crippen molar-refractivity contribution in [3.8, 4) is 0 Å². The predicted octanol–water partition coefficient (Wildman–Crippen LogP) is 1.77. The predicted molar refractivity (Wildman–Crippen MR) is 97.1 cm³/mol. The zero-order valence-electron chi connectivity index (χ0n) is 15.5. The molecule has 2 rings (SSSR count). The first-order valence-electron chi connectivity index (χ1n) is 8.88. The molecule has 1 saturated heterocycles. The SMILES string of the molecule is CCNC(=NCC(C)(O)c1ccco1)NC1CN(C(C)C)CC1C. The van der Waals surface area contributed by atoms with Gasteiger partial charge in [-0.2, -0.15) is 0 Å². The average molecular weight is 336 g/mol. The molecular weight excluding hydrogens is 304 g/mol. The standard InChI is InChI=1S/C18H32N4O2/c1-6-19-17(20-12-18(5,23)16-8-7-9-24-16)21-15-11-22(13(2)3)10-14(15)4/h7-9,13-15,23H,6,10-12H2,1-5H3,(H2,19,20,21). The summed E-state index contributed by atoms with van der Waals surface area (Å²) in [5.41, 5.74) is -1.11. The number of guanidine groups is 1. The van der Waals surface area contributed by atoms with Gasteiger partial charge in [-0.05, 0) is 45.7 Å². The van der Waals surface area contributed by atoms with Gasteiger partial charge in [0.05, 0.1) is 12.8 Å². The molecule has 6 heteroatoms. The molecule has 3 N–H and O–H groups in total. The summed E-state index contributed by atoms with van der Waals surface area (Å²) in [4.78, 5) is 7.05. The summed E-state index contributed by atoms with van der Waals surface area (Å²) in [5.74, 6) is 1.83. The smallest absolute Gasteiger partial charge is 0.191 e. The van der Waals surface area contributed by atoms with Gasteiger partial charge in [-0.3, -0.25) is 4.90 Å². The van der Waals surface area contributed by atoms with Crippen LogP contribution in [0.5, 0.6) is 0 Å². The van der Waals surface area contributed by atoms with E-state index in [4.69, 9.17) is 4.42 Å². The number of nitrogens with one attached hydrogen (secondary N) is 2. The van der Waals surface area contributed by atoms with Gasteiger partial charge in [0.15, 0.2) is 5.96 Å². The lowest BCUT2D eigenvalue weighted by atomic mass is 10.0. The first-order chi connectivity index (χ1) is 11.3. The number of nitrogens with zero attached hydrogens (tertiary/aromatic N) is 2. The molecule has 1 aromatic heterocycles. The lowest BCUT2D eigenvalue weighted by Crippen LogP contribution is -2.47. The molecule has 0 amide bonds. The minimum Gasteiger partial charge on any atom is -0.466 e. The van der Waals surface area contributed by atoms with E-state index >= 15 is 0 Å². The Bertz CT molecular complexity index is 525. The molecule has 1 fully saturated rings.